The molecule has 0 bridgehead atoms. The van der Waals surface area contributed by atoms with Crippen molar-refractivity contribution in [1.82, 2.24) is 0 Å². The Hall–Kier alpha value is -1.25. The molecule has 1 aromatic rings. The molecule has 1 aromatic carbocycles. The van der Waals surface area contributed by atoms with Crippen LogP contribution in [-0.2, 0) is 0 Å². The minimum Gasteiger partial charge on any atom is -0.382 e. The van der Waals surface area contributed by atoms with E-state index < -0.39 is 0 Å². The van der Waals surface area contributed by atoms with E-state index in [1.54, 1.807) is 6.07 Å². The van der Waals surface area contributed by atoms with Gasteiger partial charge in [0.2, 0.25) is 0 Å². The van der Waals surface area contributed by atoms with E-state index in [-0.39, 0.29) is 5.82 Å². The van der Waals surface area contributed by atoms with Gasteiger partial charge in [-0.05, 0) is 43.9 Å². The van der Waals surface area contributed by atoms with Crippen LogP contribution in [0.15, 0.2) is 18.2 Å². The second kappa shape index (κ2) is 7.15. The Morgan fingerprint density at radius 2 is 1.57 bits per heavy atom. The van der Waals surface area contributed by atoms with Crippen LogP contribution in [0.1, 0.15) is 57.8 Å². The summed E-state index contributed by atoms with van der Waals surface area (Å²) < 4.78 is 14.3. The van der Waals surface area contributed by atoms with Crippen molar-refractivity contribution in [3.8, 4) is 0 Å². The summed E-state index contributed by atoms with van der Waals surface area (Å²) in [7, 11) is 0. The summed E-state index contributed by atoms with van der Waals surface area (Å²) in [5.41, 5.74) is 1.72. The standard InChI is InChI=1S/C18H27FN2/c19-17-14-16(10-11-18(17)21-12-6-7-13-21)20-15-8-4-2-1-3-5-9-15/h10-11,14-15,20H,1-9,12-13H2. The van der Waals surface area contributed by atoms with E-state index in [2.05, 4.69) is 16.3 Å². The SMILES string of the molecule is Fc1cc(NC2CCCCCCC2)ccc1N1CCCC1. The third-order valence-electron chi connectivity index (χ3n) is 4.87. The van der Waals surface area contributed by atoms with Gasteiger partial charge in [-0.1, -0.05) is 32.1 Å². The Kier molecular flexibility index (Phi) is 5.00. The lowest BCUT2D eigenvalue weighted by atomic mass is 9.96. The third kappa shape index (κ3) is 3.90. The molecule has 3 rings (SSSR count). The summed E-state index contributed by atoms with van der Waals surface area (Å²) >= 11 is 0. The fraction of sp³-hybridized carbons (Fsp3) is 0.667. The van der Waals surface area contributed by atoms with E-state index in [4.69, 9.17) is 0 Å². The van der Waals surface area contributed by atoms with Gasteiger partial charge in [-0.2, -0.15) is 0 Å². The van der Waals surface area contributed by atoms with Crippen molar-refractivity contribution in [2.45, 2.75) is 63.8 Å². The average Bonchev–Trinajstić information content (AvgIpc) is 2.96. The van der Waals surface area contributed by atoms with Crippen LogP contribution in [0, 0.1) is 5.82 Å². The molecule has 0 amide bonds. The van der Waals surface area contributed by atoms with Gasteiger partial charge in [-0.25, -0.2) is 4.39 Å². The van der Waals surface area contributed by atoms with Gasteiger partial charge in [0.1, 0.15) is 5.82 Å². The number of hydrogen-bond donors (Lipinski definition) is 1. The zero-order chi connectivity index (χ0) is 14.5. The van der Waals surface area contributed by atoms with Crippen molar-refractivity contribution in [3.05, 3.63) is 24.0 Å². The molecule has 2 aliphatic rings. The Morgan fingerprint density at radius 3 is 2.24 bits per heavy atom. The fourth-order valence-electron chi connectivity index (χ4n) is 3.65. The highest BCUT2D eigenvalue weighted by molar-refractivity contribution is 5.57. The fourth-order valence-corrected chi connectivity index (χ4v) is 3.65. The molecule has 0 aromatic heterocycles. The van der Waals surface area contributed by atoms with Crippen molar-refractivity contribution in [2.75, 3.05) is 23.3 Å². The normalized spacial score (nSPS) is 21.1. The molecule has 1 N–H and O–H groups in total. The van der Waals surface area contributed by atoms with E-state index >= 15 is 0 Å². The first-order chi connectivity index (χ1) is 10.3. The Morgan fingerprint density at radius 1 is 0.905 bits per heavy atom. The van der Waals surface area contributed by atoms with Gasteiger partial charge < -0.3 is 10.2 Å². The second-order valence-electron chi connectivity index (χ2n) is 6.55. The molecule has 116 valence electrons. The summed E-state index contributed by atoms with van der Waals surface area (Å²) in [6.45, 7) is 1.98. The first kappa shape index (κ1) is 14.7. The lowest BCUT2D eigenvalue weighted by Crippen LogP contribution is -2.21. The molecule has 2 nitrogen and oxygen atoms in total. The predicted molar refractivity (Wildman–Crippen MR) is 87.6 cm³/mol. The van der Waals surface area contributed by atoms with Gasteiger partial charge in [0, 0.05) is 24.8 Å². The Labute approximate surface area is 127 Å². The molecule has 0 unspecified atom stereocenters. The first-order valence-corrected chi connectivity index (χ1v) is 8.64. The van der Waals surface area contributed by atoms with Crippen LogP contribution in [0.4, 0.5) is 15.8 Å². The molecule has 1 saturated heterocycles. The predicted octanol–water partition coefficient (Wildman–Crippen LogP) is 4.95. The van der Waals surface area contributed by atoms with Crippen molar-refractivity contribution in [3.63, 3.8) is 0 Å². The van der Waals surface area contributed by atoms with Crippen molar-refractivity contribution in [1.29, 1.82) is 0 Å². The van der Waals surface area contributed by atoms with Gasteiger partial charge >= 0.3 is 0 Å². The quantitative estimate of drug-likeness (QED) is 0.847. The Balaban J connectivity index is 1.63. The van der Waals surface area contributed by atoms with E-state index in [1.807, 2.05) is 6.07 Å². The zero-order valence-electron chi connectivity index (χ0n) is 12.9. The van der Waals surface area contributed by atoms with E-state index in [0.29, 0.717) is 6.04 Å². The highest BCUT2D eigenvalue weighted by Gasteiger charge is 2.17. The van der Waals surface area contributed by atoms with Crippen LogP contribution in [0.5, 0.6) is 0 Å². The number of nitrogens with one attached hydrogen (secondary N) is 1. The minimum absolute atomic E-state index is 0.0762. The number of halogens is 1. The molecule has 1 aliphatic heterocycles. The van der Waals surface area contributed by atoms with Crippen LogP contribution < -0.4 is 10.2 Å². The molecule has 1 heterocycles. The van der Waals surface area contributed by atoms with Gasteiger partial charge in [-0.3, -0.25) is 0 Å². The lowest BCUT2D eigenvalue weighted by molar-refractivity contribution is 0.471. The summed E-state index contributed by atoms with van der Waals surface area (Å²) in [5, 5.41) is 3.55. The molecule has 1 saturated carbocycles. The average molecular weight is 290 g/mol. The zero-order valence-corrected chi connectivity index (χ0v) is 12.9. The maximum Gasteiger partial charge on any atom is 0.148 e. The van der Waals surface area contributed by atoms with Gasteiger partial charge in [0.15, 0.2) is 0 Å². The topological polar surface area (TPSA) is 15.3 Å². The van der Waals surface area contributed by atoms with Crippen LogP contribution >= 0.6 is 0 Å². The van der Waals surface area contributed by atoms with Crippen molar-refractivity contribution < 1.29 is 4.39 Å². The Bertz CT molecular complexity index is 447. The maximum atomic E-state index is 14.3. The van der Waals surface area contributed by atoms with Gasteiger partial charge in [0.25, 0.3) is 0 Å². The number of hydrogen-bond acceptors (Lipinski definition) is 2. The molecular weight excluding hydrogens is 263 g/mol. The van der Waals surface area contributed by atoms with Gasteiger partial charge in [0.05, 0.1) is 5.69 Å². The highest BCUT2D eigenvalue weighted by atomic mass is 19.1. The van der Waals surface area contributed by atoms with E-state index in [9.17, 15) is 4.39 Å². The summed E-state index contributed by atoms with van der Waals surface area (Å²) in [4.78, 5) is 2.16. The van der Waals surface area contributed by atoms with Crippen LogP contribution in [0.2, 0.25) is 0 Å². The second-order valence-corrected chi connectivity index (χ2v) is 6.55. The number of benzene rings is 1. The maximum absolute atomic E-state index is 14.3. The third-order valence-corrected chi connectivity index (χ3v) is 4.87. The van der Waals surface area contributed by atoms with Crippen LogP contribution in [0.25, 0.3) is 0 Å². The number of anilines is 2. The summed E-state index contributed by atoms with van der Waals surface area (Å²) in [6, 6.07) is 6.20. The molecule has 0 spiro atoms. The van der Waals surface area contributed by atoms with Crippen LogP contribution in [-0.4, -0.2) is 19.1 Å². The molecule has 2 fully saturated rings. The lowest BCUT2D eigenvalue weighted by Gasteiger charge is -2.23. The number of rotatable bonds is 3. The van der Waals surface area contributed by atoms with Crippen LogP contribution in [0.3, 0.4) is 0 Å². The molecule has 0 atom stereocenters. The van der Waals surface area contributed by atoms with Crippen molar-refractivity contribution >= 4 is 11.4 Å². The molecule has 3 heteroatoms. The molecular formula is C18H27FN2. The largest absolute Gasteiger partial charge is 0.382 e. The van der Waals surface area contributed by atoms with E-state index in [1.165, 1.54) is 57.8 Å². The smallest absolute Gasteiger partial charge is 0.148 e. The summed E-state index contributed by atoms with van der Waals surface area (Å²) in [5.74, 6) is -0.0762. The number of nitrogens with zero attached hydrogens (tertiary/aromatic N) is 1. The van der Waals surface area contributed by atoms with Crippen molar-refractivity contribution in [2.24, 2.45) is 0 Å². The van der Waals surface area contributed by atoms with E-state index in [0.717, 1.165) is 24.5 Å². The minimum atomic E-state index is -0.0762. The molecule has 1 aliphatic carbocycles. The van der Waals surface area contributed by atoms with Gasteiger partial charge in [-0.15, -0.1) is 0 Å². The monoisotopic (exact) mass is 290 g/mol. The molecule has 21 heavy (non-hydrogen) atoms. The summed E-state index contributed by atoms with van der Waals surface area (Å²) in [6.07, 6.45) is 11.5. The first-order valence-electron chi connectivity index (χ1n) is 8.64. The highest BCUT2D eigenvalue weighted by Crippen LogP contribution is 2.27. The molecule has 0 radical (unpaired) electrons.